The summed E-state index contributed by atoms with van der Waals surface area (Å²) in [6.07, 6.45) is 2.22. The Morgan fingerprint density at radius 2 is 1.74 bits per heavy atom. The topological polar surface area (TPSA) is 29.1 Å². The fourth-order valence-corrected chi connectivity index (χ4v) is 2.86. The molecule has 0 heterocycles. The van der Waals surface area contributed by atoms with Crippen LogP contribution in [0, 0.1) is 20.8 Å². The zero-order chi connectivity index (χ0) is 16.8. The van der Waals surface area contributed by atoms with Crippen molar-refractivity contribution in [2.45, 2.75) is 53.0 Å². The second-order valence-corrected chi connectivity index (χ2v) is 6.30. The summed E-state index contributed by atoms with van der Waals surface area (Å²) in [5, 5.41) is 3.18. The monoisotopic (exact) mass is 309 g/mol. The Morgan fingerprint density at radius 3 is 2.39 bits per heavy atom. The normalized spacial score (nSPS) is 12.0. The lowest BCUT2D eigenvalue weighted by atomic mass is 9.99. The predicted molar refractivity (Wildman–Crippen MR) is 96.6 cm³/mol. The van der Waals surface area contributed by atoms with Crippen LogP contribution in [0.25, 0.3) is 0 Å². The van der Waals surface area contributed by atoms with Crippen LogP contribution in [0.5, 0.6) is 0 Å². The van der Waals surface area contributed by atoms with Crippen LogP contribution in [0.1, 0.15) is 53.6 Å². The molecule has 1 N–H and O–H groups in total. The summed E-state index contributed by atoms with van der Waals surface area (Å²) < 4.78 is 0. The lowest BCUT2D eigenvalue weighted by Gasteiger charge is -2.19. The second kappa shape index (κ2) is 7.96. The van der Waals surface area contributed by atoms with E-state index in [2.05, 4.69) is 63.3 Å². The van der Waals surface area contributed by atoms with Gasteiger partial charge in [-0.3, -0.25) is 4.79 Å². The van der Waals surface area contributed by atoms with Crippen LogP contribution in [0.4, 0.5) is 0 Å². The molecule has 0 aromatic heterocycles. The van der Waals surface area contributed by atoms with Crippen molar-refractivity contribution in [2.24, 2.45) is 0 Å². The largest absolute Gasteiger partial charge is 0.349 e. The van der Waals surface area contributed by atoms with Crippen LogP contribution in [0.3, 0.4) is 0 Å². The Morgan fingerprint density at radius 1 is 1.00 bits per heavy atom. The molecule has 0 aliphatic heterocycles. The van der Waals surface area contributed by atoms with E-state index in [-0.39, 0.29) is 11.9 Å². The molecule has 0 fully saturated rings. The van der Waals surface area contributed by atoms with E-state index in [4.69, 9.17) is 0 Å². The summed E-state index contributed by atoms with van der Waals surface area (Å²) in [4.78, 5) is 12.3. The van der Waals surface area contributed by atoms with Gasteiger partial charge in [0.15, 0.2) is 0 Å². The first-order valence-electron chi connectivity index (χ1n) is 8.42. The van der Waals surface area contributed by atoms with Gasteiger partial charge in [-0.15, -0.1) is 0 Å². The summed E-state index contributed by atoms with van der Waals surface area (Å²) in [6.45, 7) is 8.43. The molecule has 2 aromatic carbocycles. The first-order valence-corrected chi connectivity index (χ1v) is 8.42. The number of carbonyl (C=O) groups excluding carboxylic acids is 1. The van der Waals surface area contributed by atoms with Gasteiger partial charge in [-0.25, -0.2) is 0 Å². The van der Waals surface area contributed by atoms with E-state index in [0.717, 1.165) is 12.8 Å². The van der Waals surface area contributed by atoms with Gasteiger partial charge in [-0.2, -0.15) is 0 Å². The maximum atomic E-state index is 12.3. The van der Waals surface area contributed by atoms with Crippen molar-refractivity contribution in [2.75, 3.05) is 0 Å². The Labute approximate surface area is 139 Å². The van der Waals surface area contributed by atoms with Gasteiger partial charge in [0, 0.05) is 6.42 Å². The predicted octanol–water partition coefficient (Wildman–Crippen LogP) is 4.81. The van der Waals surface area contributed by atoms with Crippen LogP contribution in [0.2, 0.25) is 0 Å². The van der Waals surface area contributed by atoms with Crippen molar-refractivity contribution in [3.8, 4) is 0 Å². The number of carbonyl (C=O) groups is 1. The molecule has 1 amide bonds. The molecule has 2 heteroatoms. The number of hydrogen-bond donors (Lipinski definition) is 1. The van der Waals surface area contributed by atoms with Crippen molar-refractivity contribution in [3.63, 3.8) is 0 Å². The molecular weight excluding hydrogens is 282 g/mol. The Bertz CT molecular complexity index is 675. The zero-order valence-electron chi connectivity index (χ0n) is 14.6. The molecule has 2 nitrogen and oxygen atoms in total. The molecule has 2 rings (SSSR count). The minimum Gasteiger partial charge on any atom is -0.349 e. The molecule has 0 spiro atoms. The summed E-state index contributed by atoms with van der Waals surface area (Å²) in [5.41, 5.74) is 6.26. The maximum Gasteiger partial charge on any atom is 0.220 e. The van der Waals surface area contributed by atoms with E-state index >= 15 is 0 Å². The molecule has 0 aliphatic carbocycles. The van der Waals surface area contributed by atoms with Gasteiger partial charge < -0.3 is 5.32 Å². The average Bonchev–Trinajstić information content (AvgIpc) is 2.54. The molecule has 1 atom stereocenters. The van der Waals surface area contributed by atoms with Crippen molar-refractivity contribution in [1.82, 2.24) is 5.32 Å². The van der Waals surface area contributed by atoms with E-state index in [1.807, 2.05) is 12.1 Å². The minimum atomic E-state index is 0.100. The van der Waals surface area contributed by atoms with Crippen molar-refractivity contribution in [3.05, 3.63) is 70.3 Å². The summed E-state index contributed by atoms with van der Waals surface area (Å²) in [6, 6.07) is 14.8. The third-order valence-corrected chi connectivity index (χ3v) is 4.52. The SMILES string of the molecule is CCC(NC(=O)CCc1ccc(C)c(C)c1)c1ccccc1C. The number of amides is 1. The molecule has 0 bridgehead atoms. The fourth-order valence-electron chi connectivity index (χ4n) is 2.86. The number of hydrogen-bond acceptors (Lipinski definition) is 1. The molecule has 1 unspecified atom stereocenters. The van der Waals surface area contributed by atoms with Gasteiger partial charge in [-0.05, 0) is 61.4 Å². The summed E-state index contributed by atoms with van der Waals surface area (Å²) in [5.74, 6) is 0.123. The van der Waals surface area contributed by atoms with Gasteiger partial charge in [0.25, 0.3) is 0 Å². The van der Waals surface area contributed by atoms with E-state index < -0.39 is 0 Å². The lowest BCUT2D eigenvalue weighted by Crippen LogP contribution is -2.28. The van der Waals surface area contributed by atoms with Crippen LogP contribution >= 0.6 is 0 Å². The third-order valence-electron chi connectivity index (χ3n) is 4.52. The highest BCUT2D eigenvalue weighted by molar-refractivity contribution is 5.76. The molecule has 122 valence electrons. The van der Waals surface area contributed by atoms with Gasteiger partial charge in [-0.1, -0.05) is 49.4 Å². The van der Waals surface area contributed by atoms with Crippen LogP contribution < -0.4 is 5.32 Å². The van der Waals surface area contributed by atoms with Crippen LogP contribution in [-0.2, 0) is 11.2 Å². The number of aryl methyl sites for hydroxylation is 4. The van der Waals surface area contributed by atoms with E-state index in [1.54, 1.807) is 0 Å². The molecule has 0 saturated heterocycles. The molecule has 0 aliphatic rings. The lowest BCUT2D eigenvalue weighted by molar-refractivity contribution is -0.121. The molecule has 2 aromatic rings. The highest BCUT2D eigenvalue weighted by atomic mass is 16.1. The van der Waals surface area contributed by atoms with E-state index in [1.165, 1.54) is 27.8 Å². The van der Waals surface area contributed by atoms with Gasteiger partial charge in [0.2, 0.25) is 5.91 Å². The molecule has 0 radical (unpaired) electrons. The van der Waals surface area contributed by atoms with Crippen LogP contribution in [-0.4, -0.2) is 5.91 Å². The smallest absolute Gasteiger partial charge is 0.220 e. The third kappa shape index (κ3) is 4.69. The minimum absolute atomic E-state index is 0.100. The van der Waals surface area contributed by atoms with Crippen LogP contribution in [0.15, 0.2) is 42.5 Å². The first kappa shape index (κ1) is 17.3. The zero-order valence-corrected chi connectivity index (χ0v) is 14.6. The first-order chi connectivity index (χ1) is 11.0. The van der Waals surface area contributed by atoms with E-state index in [0.29, 0.717) is 6.42 Å². The number of rotatable bonds is 6. The fraction of sp³-hybridized carbons (Fsp3) is 0.381. The maximum absolute atomic E-state index is 12.3. The summed E-state index contributed by atoms with van der Waals surface area (Å²) >= 11 is 0. The standard InChI is InChI=1S/C21H27NO/c1-5-20(19-9-7-6-8-16(19)3)22-21(23)13-12-18-11-10-15(2)17(4)14-18/h6-11,14,20H,5,12-13H2,1-4H3,(H,22,23). The van der Waals surface area contributed by atoms with Gasteiger partial charge in [0.1, 0.15) is 0 Å². The van der Waals surface area contributed by atoms with Gasteiger partial charge >= 0.3 is 0 Å². The van der Waals surface area contributed by atoms with E-state index in [9.17, 15) is 4.79 Å². The Kier molecular flexibility index (Phi) is 5.97. The summed E-state index contributed by atoms with van der Waals surface area (Å²) in [7, 11) is 0. The van der Waals surface area contributed by atoms with Gasteiger partial charge in [0.05, 0.1) is 6.04 Å². The van der Waals surface area contributed by atoms with Crippen molar-refractivity contribution >= 4 is 5.91 Å². The second-order valence-electron chi connectivity index (χ2n) is 6.30. The highest BCUT2D eigenvalue weighted by Gasteiger charge is 2.14. The van der Waals surface area contributed by atoms with Crippen molar-refractivity contribution in [1.29, 1.82) is 0 Å². The highest BCUT2D eigenvalue weighted by Crippen LogP contribution is 2.20. The molecular formula is C21H27NO. The quantitative estimate of drug-likeness (QED) is 0.815. The number of nitrogens with one attached hydrogen (secondary N) is 1. The molecule has 0 saturated carbocycles. The number of benzene rings is 2. The Hall–Kier alpha value is -2.09. The van der Waals surface area contributed by atoms with Crippen molar-refractivity contribution < 1.29 is 4.79 Å². The molecule has 23 heavy (non-hydrogen) atoms. The average molecular weight is 309 g/mol. The Balaban J connectivity index is 1.95.